The van der Waals surface area contributed by atoms with Gasteiger partial charge in [-0.2, -0.15) is 13.2 Å². The fourth-order valence-electron chi connectivity index (χ4n) is 4.38. The highest BCUT2D eigenvalue weighted by Crippen LogP contribution is 2.37. The molecule has 1 aromatic carbocycles. The van der Waals surface area contributed by atoms with Crippen molar-refractivity contribution in [1.82, 2.24) is 9.97 Å². The fraction of sp³-hybridized carbons (Fsp3) is 0.500. The number of nitrogens with zero attached hydrogens (tertiary/aromatic N) is 2. The third-order valence-corrected chi connectivity index (χ3v) is 6.75. The van der Waals surface area contributed by atoms with Crippen molar-refractivity contribution >= 4 is 23.3 Å². The van der Waals surface area contributed by atoms with Crippen LogP contribution < -0.4 is 0 Å². The van der Waals surface area contributed by atoms with Gasteiger partial charge in [-0.1, -0.05) is 43.3 Å². The maximum absolute atomic E-state index is 13.0. The number of aromatic nitrogens is 2. The molecule has 1 aliphatic carbocycles. The number of thioether (sulfide) groups is 1. The van der Waals surface area contributed by atoms with Gasteiger partial charge in [0.05, 0.1) is 0 Å². The van der Waals surface area contributed by atoms with Gasteiger partial charge < -0.3 is 0 Å². The number of carbonyl (C=O) groups excluding carboxylic acids is 2. The Labute approximate surface area is 190 Å². The van der Waals surface area contributed by atoms with Gasteiger partial charge in [-0.25, -0.2) is 9.97 Å². The molecular formula is C24H27F3N2O2S. The first-order valence-corrected chi connectivity index (χ1v) is 11.8. The van der Waals surface area contributed by atoms with Gasteiger partial charge in [0.1, 0.15) is 23.2 Å². The molecule has 0 atom stereocenters. The van der Waals surface area contributed by atoms with Crippen LogP contribution in [-0.4, -0.2) is 27.3 Å². The van der Waals surface area contributed by atoms with E-state index in [1.54, 1.807) is 0 Å². The average Bonchev–Trinajstić information content (AvgIpc) is 2.73. The zero-order valence-electron chi connectivity index (χ0n) is 18.5. The quantitative estimate of drug-likeness (QED) is 0.297. The van der Waals surface area contributed by atoms with E-state index < -0.39 is 17.8 Å². The molecule has 3 rings (SSSR count). The third-order valence-electron chi connectivity index (χ3n) is 5.85. The average molecular weight is 465 g/mol. The molecule has 32 heavy (non-hydrogen) atoms. The summed E-state index contributed by atoms with van der Waals surface area (Å²) in [4.78, 5) is 33.5. The Bertz CT molecular complexity index is 964. The van der Waals surface area contributed by atoms with Crippen LogP contribution in [0.1, 0.15) is 67.0 Å². The zero-order valence-corrected chi connectivity index (χ0v) is 19.3. The van der Waals surface area contributed by atoms with Crippen LogP contribution in [0, 0.1) is 12.8 Å². The van der Waals surface area contributed by atoms with Crippen LogP contribution in [0.4, 0.5) is 13.2 Å². The number of carbonyl (C=O) groups is 2. The summed E-state index contributed by atoms with van der Waals surface area (Å²) < 4.78 is 38.4. The number of hydrogen-bond donors (Lipinski definition) is 0. The first kappa shape index (κ1) is 24.4. The molecule has 0 aliphatic heterocycles. The van der Waals surface area contributed by atoms with Crippen LogP contribution >= 0.6 is 11.8 Å². The number of halogens is 3. The summed E-state index contributed by atoms with van der Waals surface area (Å²) in [5.74, 6) is -0.469. The molecule has 0 N–H and O–H groups in total. The van der Waals surface area contributed by atoms with Gasteiger partial charge in [0.25, 0.3) is 0 Å². The van der Waals surface area contributed by atoms with Crippen LogP contribution in [0.25, 0.3) is 0 Å². The standard InChI is InChI=1S/C24H27F3N2O2S/c1-4-16-10-14(3)11-17(5-2)21(16)22-18(30)12-15(13-19(22)31)7-9-32-23-28-8-6-20(29-23)24(25,26)27/h6,8,10-11,15,22H,4-5,7,9,12-13H2,1-3H3. The molecule has 1 heterocycles. The van der Waals surface area contributed by atoms with E-state index in [1.807, 2.05) is 20.8 Å². The number of benzene rings is 1. The summed E-state index contributed by atoms with van der Waals surface area (Å²) in [5.41, 5.74) is 3.16. The summed E-state index contributed by atoms with van der Waals surface area (Å²) in [6.07, 6.45) is -0.740. The lowest BCUT2D eigenvalue weighted by Crippen LogP contribution is -2.33. The zero-order chi connectivity index (χ0) is 23.5. The molecule has 0 spiro atoms. The topological polar surface area (TPSA) is 59.9 Å². The van der Waals surface area contributed by atoms with Gasteiger partial charge in [-0.3, -0.25) is 9.59 Å². The van der Waals surface area contributed by atoms with E-state index in [-0.39, 0.29) is 22.6 Å². The van der Waals surface area contributed by atoms with Crippen molar-refractivity contribution in [3.05, 3.63) is 52.3 Å². The maximum Gasteiger partial charge on any atom is 0.433 e. The van der Waals surface area contributed by atoms with Gasteiger partial charge >= 0.3 is 6.18 Å². The van der Waals surface area contributed by atoms with E-state index in [2.05, 4.69) is 22.1 Å². The largest absolute Gasteiger partial charge is 0.433 e. The summed E-state index contributed by atoms with van der Waals surface area (Å²) in [6, 6.07) is 4.96. The summed E-state index contributed by atoms with van der Waals surface area (Å²) in [6.45, 7) is 6.09. The Balaban J connectivity index is 1.66. The normalized spacial score (nSPS) is 19.4. The number of Topliss-reactive ketones (excluding diaryl/α,β-unsaturated/α-hetero) is 2. The molecule has 1 aromatic heterocycles. The highest BCUT2D eigenvalue weighted by Gasteiger charge is 2.38. The van der Waals surface area contributed by atoms with Crippen LogP contribution in [0.15, 0.2) is 29.6 Å². The van der Waals surface area contributed by atoms with Gasteiger partial charge in [-0.05, 0) is 54.9 Å². The summed E-state index contributed by atoms with van der Waals surface area (Å²) in [5, 5.41) is 0.0472. The highest BCUT2D eigenvalue weighted by molar-refractivity contribution is 7.99. The Hall–Kier alpha value is -2.22. The van der Waals surface area contributed by atoms with Crippen LogP contribution in [0.2, 0.25) is 0 Å². The smallest absolute Gasteiger partial charge is 0.299 e. The molecule has 2 aromatic rings. The van der Waals surface area contributed by atoms with E-state index in [1.165, 1.54) is 0 Å². The van der Waals surface area contributed by atoms with Crippen molar-refractivity contribution in [1.29, 1.82) is 0 Å². The molecule has 172 valence electrons. The van der Waals surface area contributed by atoms with E-state index in [4.69, 9.17) is 0 Å². The second-order valence-corrected chi connectivity index (χ2v) is 9.27. The molecule has 0 amide bonds. The monoisotopic (exact) mass is 464 g/mol. The summed E-state index contributed by atoms with van der Waals surface area (Å²) >= 11 is 1.11. The Morgan fingerprint density at radius 1 is 1.06 bits per heavy atom. The SMILES string of the molecule is CCc1cc(C)cc(CC)c1C1C(=O)CC(CCSc2nccc(C(F)(F)F)n2)CC1=O. The number of rotatable bonds is 7. The predicted octanol–water partition coefficient (Wildman–Crippen LogP) is 5.74. The number of hydrogen-bond acceptors (Lipinski definition) is 5. The van der Waals surface area contributed by atoms with E-state index in [9.17, 15) is 22.8 Å². The molecule has 1 aliphatic rings. The molecule has 0 saturated heterocycles. The molecular weight excluding hydrogens is 437 g/mol. The number of alkyl halides is 3. The first-order chi connectivity index (χ1) is 15.1. The van der Waals surface area contributed by atoms with Gasteiger partial charge in [0.15, 0.2) is 5.16 Å². The molecule has 4 nitrogen and oxygen atoms in total. The molecule has 1 fully saturated rings. The minimum Gasteiger partial charge on any atom is -0.299 e. The lowest BCUT2D eigenvalue weighted by molar-refractivity contribution is -0.141. The van der Waals surface area contributed by atoms with Crippen molar-refractivity contribution < 1.29 is 22.8 Å². The fourth-order valence-corrected chi connectivity index (χ4v) is 5.31. The van der Waals surface area contributed by atoms with Crippen molar-refractivity contribution in [2.75, 3.05) is 5.75 Å². The van der Waals surface area contributed by atoms with E-state index >= 15 is 0 Å². The second-order valence-electron chi connectivity index (χ2n) is 8.20. The molecule has 0 bridgehead atoms. The third kappa shape index (κ3) is 5.57. The summed E-state index contributed by atoms with van der Waals surface area (Å²) in [7, 11) is 0. The van der Waals surface area contributed by atoms with Crippen LogP contribution in [0.5, 0.6) is 0 Å². The van der Waals surface area contributed by atoms with Crippen molar-refractivity contribution in [2.24, 2.45) is 5.92 Å². The number of aryl methyl sites for hydroxylation is 3. The van der Waals surface area contributed by atoms with E-state index in [0.717, 1.165) is 59.1 Å². The first-order valence-electron chi connectivity index (χ1n) is 10.8. The van der Waals surface area contributed by atoms with Crippen molar-refractivity contribution in [3.63, 3.8) is 0 Å². The van der Waals surface area contributed by atoms with Crippen LogP contribution in [0.3, 0.4) is 0 Å². The van der Waals surface area contributed by atoms with Crippen LogP contribution in [-0.2, 0) is 28.6 Å². The van der Waals surface area contributed by atoms with Gasteiger partial charge in [-0.15, -0.1) is 0 Å². The second kappa shape index (κ2) is 10.1. The lowest BCUT2D eigenvalue weighted by atomic mass is 9.73. The predicted molar refractivity (Wildman–Crippen MR) is 118 cm³/mol. The van der Waals surface area contributed by atoms with Crippen molar-refractivity contribution in [3.8, 4) is 0 Å². The Morgan fingerprint density at radius 2 is 1.66 bits per heavy atom. The molecule has 8 heteroatoms. The Morgan fingerprint density at radius 3 is 2.19 bits per heavy atom. The molecule has 0 radical (unpaired) electrons. The number of ketones is 2. The minimum absolute atomic E-state index is 0.0472. The Kier molecular flexibility index (Phi) is 7.75. The molecule has 1 saturated carbocycles. The van der Waals surface area contributed by atoms with Gasteiger partial charge in [0.2, 0.25) is 0 Å². The highest BCUT2D eigenvalue weighted by atomic mass is 32.2. The lowest BCUT2D eigenvalue weighted by Gasteiger charge is -2.29. The van der Waals surface area contributed by atoms with E-state index in [0.29, 0.717) is 25.0 Å². The van der Waals surface area contributed by atoms with Gasteiger partial charge in [0, 0.05) is 24.8 Å². The molecule has 0 unspecified atom stereocenters. The minimum atomic E-state index is -4.51. The van der Waals surface area contributed by atoms with Crippen molar-refractivity contribution in [2.45, 2.75) is 70.1 Å². The maximum atomic E-state index is 13.0.